The lowest BCUT2D eigenvalue weighted by Crippen LogP contribution is -2.18. The van der Waals surface area contributed by atoms with E-state index in [1.54, 1.807) is 13.1 Å². The van der Waals surface area contributed by atoms with E-state index >= 15 is 0 Å². The summed E-state index contributed by atoms with van der Waals surface area (Å²) in [6, 6.07) is 4.95. The molecule has 2 rings (SSSR count). The van der Waals surface area contributed by atoms with Crippen molar-refractivity contribution >= 4 is 0 Å². The molecule has 0 saturated heterocycles. The molecule has 0 radical (unpaired) electrons. The lowest BCUT2D eigenvalue weighted by atomic mass is 10.0. The predicted octanol–water partition coefficient (Wildman–Crippen LogP) is 2.87. The lowest BCUT2D eigenvalue weighted by molar-refractivity contribution is 0.540. The Balaban J connectivity index is 2.41. The zero-order chi connectivity index (χ0) is 11.5. The van der Waals surface area contributed by atoms with E-state index in [2.05, 4.69) is 5.32 Å². The highest BCUT2D eigenvalue weighted by atomic mass is 19.1. The van der Waals surface area contributed by atoms with Crippen LogP contribution in [0.2, 0.25) is 0 Å². The SMILES string of the molecule is CNC(c1ccoc1)c1ccc(F)cc1F. The summed E-state index contributed by atoms with van der Waals surface area (Å²) in [7, 11) is 1.71. The molecule has 4 heteroatoms. The second-order valence-corrected chi connectivity index (χ2v) is 3.44. The van der Waals surface area contributed by atoms with Crippen LogP contribution in [0.15, 0.2) is 41.2 Å². The van der Waals surface area contributed by atoms with Crippen molar-refractivity contribution in [3.05, 3.63) is 59.6 Å². The molecule has 84 valence electrons. The first-order valence-electron chi connectivity index (χ1n) is 4.86. The summed E-state index contributed by atoms with van der Waals surface area (Å²) in [4.78, 5) is 0. The first-order valence-corrected chi connectivity index (χ1v) is 4.86. The van der Waals surface area contributed by atoms with Crippen molar-refractivity contribution in [3.8, 4) is 0 Å². The summed E-state index contributed by atoms with van der Waals surface area (Å²) < 4.78 is 31.3. The van der Waals surface area contributed by atoms with E-state index in [1.807, 2.05) is 0 Å². The second kappa shape index (κ2) is 4.45. The second-order valence-electron chi connectivity index (χ2n) is 3.44. The van der Waals surface area contributed by atoms with Crippen molar-refractivity contribution in [2.45, 2.75) is 6.04 Å². The van der Waals surface area contributed by atoms with E-state index in [1.165, 1.54) is 24.7 Å². The van der Waals surface area contributed by atoms with Gasteiger partial charge in [0.25, 0.3) is 0 Å². The fourth-order valence-electron chi connectivity index (χ4n) is 1.68. The molecule has 0 aliphatic carbocycles. The van der Waals surface area contributed by atoms with Gasteiger partial charge in [-0.05, 0) is 19.2 Å². The molecule has 0 spiro atoms. The number of benzene rings is 1. The van der Waals surface area contributed by atoms with Crippen LogP contribution in [0.3, 0.4) is 0 Å². The normalized spacial score (nSPS) is 12.7. The van der Waals surface area contributed by atoms with Gasteiger partial charge in [-0.2, -0.15) is 0 Å². The van der Waals surface area contributed by atoms with E-state index in [0.29, 0.717) is 5.56 Å². The summed E-state index contributed by atoms with van der Waals surface area (Å²) in [6.07, 6.45) is 3.05. The van der Waals surface area contributed by atoms with E-state index in [0.717, 1.165) is 11.6 Å². The van der Waals surface area contributed by atoms with Gasteiger partial charge in [-0.15, -0.1) is 0 Å². The maximum absolute atomic E-state index is 13.6. The molecule has 1 aromatic carbocycles. The number of hydrogen-bond acceptors (Lipinski definition) is 2. The maximum atomic E-state index is 13.6. The molecule has 0 fully saturated rings. The van der Waals surface area contributed by atoms with Crippen LogP contribution in [0, 0.1) is 11.6 Å². The highest BCUT2D eigenvalue weighted by Gasteiger charge is 2.17. The van der Waals surface area contributed by atoms with Crippen LogP contribution in [-0.4, -0.2) is 7.05 Å². The first-order chi connectivity index (χ1) is 7.72. The van der Waals surface area contributed by atoms with Gasteiger partial charge in [0, 0.05) is 17.2 Å². The van der Waals surface area contributed by atoms with Gasteiger partial charge in [-0.25, -0.2) is 8.78 Å². The largest absolute Gasteiger partial charge is 0.472 e. The monoisotopic (exact) mass is 223 g/mol. The molecule has 0 amide bonds. The Labute approximate surface area is 91.9 Å². The van der Waals surface area contributed by atoms with Gasteiger partial charge in [0.1, 0.15) is 11.6 Å². The van der Waals surface area contributed by atoms with Crippen molar-refractivity contribution in [2.75, 3.05) is 7.05 Å². The third-order valence-electron chi connectivity index (χ3n) is 2.44. The summed E-state index contributed by atoms with van der Waals surface area (Å²) in [5.74, 6) is -1.15. The summed E-state index contributed by atoms with van der Waals surface area (Å²) in [5, 5.41) is 2.96. The standard InChI is InChI=1S/C12H11F2NO/c1-15-12(8-4-5-16-7-8)10-3-2-9(13)6-11(10)14/h2-7,12,15H,1H3. The molecular formula is C12H11F2NO. The Morgan fingerprint density at radius 3 is 2.62 bits per heavy atom. The van der Waals surface area contributed by atoms with E-state index in [-0.39, 0.29) is 6.04 Å². The minimum Gasteiger partial charge on any atom is -0.472 e. The van der Waals surface area contributed by atoms with Crippen molar-refractivity contribution in [1.29, 1.82) is 0 Å². The van der Waals surface area contributed by atoms with Gasteiger partial charge in [0.2, 0.25) is 0 Å². The molecule has 0 saturated carbocycles. The number of hydrogen-bond donors (Lipinski definition) is 1. The summed E-state index contributed by atoms with van der Waals surface area (Å²) in [5.41, 5.74) is 1.19. The lowest BCUT2D eigenvalue weighted by Gasteiger charge is -2.15. The molecule has 0 aliphatic heterocycles. The average Bonchev–Trinajstić information content (AvgIpc) is 2.75. The fourth-order valence-corrected chi connectivity index (χ4v) is 1.68. The smallest absolute Gasteiger partial charge is 0.131 e. The van der Waals surface area contributed by atoms with Gasteiger partial charge in [-0.1, -0.05) is 6.07 Å². The first kappa shape index (κ1) is 10.8. The van der Waals surface area contributed by atoms with Crippen LogP contribution in [0.25, 0.3) is 0 Å². The molecule has 1 atom stereocenters. The van der Waals surface area contributed by atoms with Crippen molar-refractivity contribution in [3.63, 3.8) is 0 Å². The van der Waals surface area contributed by atoms with Gasteiger partial charge < -0.3 is 9.73 Å². The van der Waals surface area contributed by atoms with E-state index < -0.39 is 11.6 Å². The molecular weight excluding hydrogens is 212 g/mol. The molecule has 2 nitrogen and oxygen atoms in total. The predicted molar refractivity (Wildman–Crippen MR) is 56.0 cm³/mol. The number of nitrogens with one attached hydrogen (secondary N) is 1. The Hall–Kier alpha value is -1.68. The Bertz CT molecular complexity index is 468. The molecule has 1 heterocycles. The fraction of sp³-hybridized carbons (Fsp3) is 0.167. The van der Waals surface area contributed by atoms with Crippen LogP contribution in [0.1, 0.15) is 17.2 Å². The number of halogens is 2. The van der Waals surface area contributed by atoms with Crippen LogP contribution < -0.4 is 5.32 Å². The number of furan rings is 1. The van der Waals surface area contributed by atoms with E-state index in [4.69, 9.17) is 4.42 Å². The Morgan fingerprint density at radius 2 is 2.06 bits per heavy atom. The summed E-state index contributed by atoms with van der Waals surface area (Å²) >= 11 is 0. The highest BCUT2D eigenvalue weighted by Crippen LogP contribution is 2.24. The Kier molecular flexibility index (Phi) is 3.01. The molecule has 0 bridgehead atoms. The van der Waals surface area contributed by atoms with E-state index in [9.17, 15) is 8.78 Å². The molecule has 1 N–H and O–H groups in total. The van der Waals surface area contributed by atoms with Crippen molar-refractivity contribution in [1.82, 2.24) is 5.32 Å². The quantitative estimate of drug-likeness (QED) is 0.865. The number of rotatable bonds is 3. The van der Waals surface area contributed by atoms with Crippen LogP contribution in [-0.2, 0) is 0 Å². The Morgan fingerprint density at radius 1 is 1.25 bits per heavy atom. The topological polar surface area (TPSA) is 25.2 Å². The van der Waals surface area contributed by atoms with Crippen LogP contribution in [0.4, 0.5) is 8.78 Å². The molecule has 2 aromatic rings. The molecule has 0 aliphatic rings. The summed E-state index contributed by atoms with van der Waals surface area (Å²) in [6.45, 7) is 0. The van der Waals surface area contributed by atoms with Crippen LogP contribution in [0.5, 0.6) is 0 Å². The third-order valence-corrected chi connectivity index (χ3v) is 2.44. The van der Waals surface area contributed by atoms with Crippen LogP contribution >= 0.6 is 0 Å². The third kappa shape index (κ3) is 1.97. The molecule has 1 aromatic heterocycles. The van der Waals surface area contributed by atoms with Crippen molar-refractivity contribution in [2.24, 2.45) is 0 Å². The van der Waals surface area contributed by atoms with Gasteiger partial charge >= 0.3 is 0 Å². The van der Waals surface area contributed by atoms with Gasteiger partial charge in [0.05, 0.1) is 18.6 Å². The van der Waals surface area contributed by atoms with Crippen molar-refractivity contribution < 1.29 is 13.2 Å². The van der Waals surface area contributed by atoms with Gasteiger partial charge in [0.15, 0.2) is 0 Å². The minimum atomic E-state index is -0.580. The molecule has 1 unspecified atom stereocenters. The zero-order valence-corrected chi connectivity index (χ0v) is 8.71. The maximum Gasteiger partial charge on any atom is 0.131 e. The molecule has 16 heavy (non-hydrogen) atoms. The minimum absolute atomic E-state index is 0.334. The van der Waals surface area contributed by atoms with Gasteiger partial charge in [-0.3, -0.25) is 0 Å². The average molecular weight is 223 g/mol. The highest BCUT2D eigenvalue weighted by molar-refractivity contribution is 5.30. The zero-order valence-electron chi connectivity index (χ0n) is 8.71.